The molecule has 0 radical (unpaired) electrons. The van der Waals surface area contributed by atoms with Gasteiger partial charge in [-0.1, -0.05) is 42.1 Å². The highest BCUT2D eigenvalue weighted by molar-refractivity contribution is 8.00. The number of nitrogens with one attached hydrogen (secondary N) is 1. The first-order valence-corrected chi connectivity index (χ1v) is 9.68. The second-order valence-electron chi connectivity index (χ2n) is 6.38. The van der Waals surface area contributed by atoms with Crippen molar-refractivity contribution in [2.75, 3.05) is 12.4 Å². The van der Waals surface area contributed by atoms with Gasteiger partial charge in [-0.05, 0) is 42.7 Å². The summed E-state index contributed by atoms with van der Waals surface area (Å²) in [4.78, 5) is 13.1. The minimum Gasteiger partial charge on any atom is -0.497 e. The highest BCUT2D eigenvalue weighted by Crippen LogP contribution is 2.41. The summed E-state index contributed by atoms with van der Waals surface area (Å²) < 4.78 is 7.24. The van der Waals surface area contributed by atoms with Gasteiger partial charge in [-0.25, -0.2) is 0 Å². The third kappa shape index (κ3) is 4.14. The van der Waals surface area contributed by atoms with Crippen LogP contribution in [0.15, 0.2) is 66.1 Å². The van der Waals surface area contributed by atoms with Crippen molar-refractivity contribution in [3.63, 3.8) is 0 Å². The van der Waals surface area contributed by atoms with Crippen LogP contribution in [0.4, 0.5) is 5.69 Å². The zero-order valence-electron chi connectivity index (χ0n) is 14.9. The number of thioether (sulfide) groups is 1. The van der Waals surface area contributed by atoms with Gasteiger partial charge in [0, 0.05) is 11.7 Å². The number of amides is 1. The van der Waals surface area contributed by atoms with Gasteiger partial charge in [0.1, 0.15) is 17.3 Å². The van der Waals surface area contributed by atoms with Crippen LogP contribution < -0.4 is 10.1 Å². The van der Waals surface area contributed by atoms with E-state index in [9.17, 15) is 4.79 Å². The molecule has 27 heavy (non-hydrogen) atoms. The van der Waals surface area contributed by atoms with E-state index in [4.69, 9.17) is 4.74 Å². The van der Waals surface area contributed by atoms with Crippen molar-refractivity contribution in [1.82, 2.24) is 14.8 Å². The Morgan fingerprint density at radius 2 is 1.93 bits per heavy atom. The van der Waals surface area contributed by atoms with Gasteiger partial charge in [-0.15, -0.1) is 10.2 Å². The third-order valence-electron chi connectivity index (χ3n) is 4.40. The number of aromatic nitrogens is 3. The van der Waals surface area contributed by atoms with Crippen LogP contribution in [0.25, 0.3) is 0 Å². The lowest BCUT2D eigenvalue weighted by molar-refractivity contribution is -0.115. The maximum Gasteiger partial charge on any atom is 0.242 e. The lowest BCUT2D eigenvalue weighted by Crippen LogP contribution is -2.19. The second kappa shape index (κ2) is 7.84. The molecule has 1 aliphatic carbocycles. The van der Waals surface area contributed by atoms with Gasteiger partial charge in [0.2, 0.25) is 5.91 Å². The molecule has 1 fully saturated rings. The molecule has 3 aromatic rings. The van der Waals surface area contributed by atoms with Crippen molar-refractivity contribution in [2.24, 2.45) is 0 Å². The van der Waals surface area contributed by atoms with E-state index in [-0.39, 0.29) is 5.91 Å². The van der Waals surface area contributed by atoms with E-state index >= 15 is 0 Å². The third-order valence-corrected chi connectivity index (χ3v) is 5.63. The molecule has 0 aliphatic heterocycles. The molecule has 138 valence electrons. The molecule has 1 atom stereocenters. The van der Waals surface area contributed by atoms with E-state index in [1.165, 1.54) is 11.8 Å². The molecule has 1 saturated carbocycles. The number of ether oxygens (including phenoxy) is 1. The number of rotatable bonds is 7. The summed E-state index contributed by atoms with van der Waals surface area (Å²) in [6.45, 7) is 0. The molecule has 2 aromatic carbocycles. The molecule has 0 saturated heterocycles. The van der Waals surface area contributed by atoms with E-state index in [2.05, 4.69) is 20.1 Å². The van der Waals surface area contributed by atoms with Crippen molar-refractivity contribution in [3.05, 3.63) is 66.5 Å². The van der Waals surface area contributed by atoms with Crippen molar-refractivity contribution < 1.29 is 9.53 Å². The largest absolute Gasteiger partial charge is 0.497 e. The molecule has 0 bridgehead atoms. The molecule has 7 heteroatoms. The highest BCUT2D eigenvalue weighted by Gasteiger charge is 2.30. The highest BCUT2D eigenvalue weighted by atomic mass is 32.2. The van der Waals surface area contributed by atoms with E-state index in [0.717, 1.165) is 35.0 Å². The number of benzene rings is 2. The zero-order valence-corrected chi connectivity index (χ0v) is 15.7. The van der Waals surface area contributed by atoms with Gasteiger partial charge in [0.05, 0.1) is 7.11 Å². The monoisotopic (exact) mass is 380 g/mol. The molecule has 6 nitrogen and oxygen atoms in total. The Kier molecular flexibility index (Phi) is 5.11. The zero-order chi connectivity index (χ0) is 18.6. The molecular weight excluding hydrogens is 360 g/mol. The van der Waals surface area contributed by atoms with Crippen LogP contribution in [-0.4, -0.2) is 27.8 Å². The normalized spacial score (nSPS) is 14.6. The Hall–Kier alpha value is -2.80. The van der Waals surface area contributed by atoms with Gasteiger partial charge in [-0.3, -0.25) is 4.79 Å². The van der Waals surface area contributed by atoms with Gasteiger partial charge in [0.25, 0.3) is 0 Å². The van der Waals surface area contributed by atoms with Crippen molar-refractivity contribution in [2.45, 2.75) is 29.3 Å². The van der Waals surface area contributed by atoms with Crippen molar-refractivity contribution >= 4 is 23.4 Å². The van der Waals surface area contributed by atoms with Crippen LogP contribution >= 0.6 is 11.8 Å². The SMILES string of the molecule is COc1ccc(NC(=O)C(Sc2nncn2C2CC2)c2ccccc2)cc1. The molecule has 1 aliphatic rings. The summed E-state index contributed by atoms with van der Waals surface area (Å²) >= 11 is 1.43. The summed E-state index contributed by atoms with van der Waals surface area (Å²) in [6, 6.07) is 17.5. The standard InChI is InChI=1S/C20H20N4O2S/c1-26-17-11-7-15(8-12-17)22-19(25)18(14-5-3-2-4-6-14)27-20-23-21-13-24(20)16-9-10-16/h2-8,11-13,16,18H,9-10H2,1H3,(H,22,25). The van der Waals surface area contributed by atoms with Crippen molar-refractivity contribution in [3.8, 4) is 5.75 Å². The van der Waals surface area contributed by atoms with Crippen LogP contribution in [0.2, 0.25) is 0 Å². The number of methoxy groups -OCH3 is 1. The fourth-order valence-electron chi connectivity index (χ4n) is 2.81. The van der Waals surface area contributed by atoms with E-state index < -0.39 is 5.25 Å². The molecule has 1 N–H and O–H groups in total. The minimum atomic E-state index is -0.421. The average Bonchev–Trinajstić information content (AvgIpc) is 3.45. The molecule has 1 unspecified atom stereocenters. The minimum absolute atomic E-state index is 0.0956. The topological polar surface area (TPSA) is 69.0 Å². The summed E-state index contributed by atoms with van der Waals surface area (Å²) in [5, 5.41) is 11.6. The van der Waals surface area contributed by atoms with Gasteiger partial charge < -0.3 is 14.6 Å². The van der Waals surface area contributed by atoms with E-state index in [1.807, 2.05) is 54.6 Å². The summed E-state index contributed by atoms with van der Waals surface area (Å²) in [5.41, 5.74) is 1.66. The summed E-state index contributed by atoms with van der Waals surface area (Å²) in [6.07, 6.45) is 4.03. The van der Waals surface area contributed by atoms with Gasteiger partial charge in [0.15, 0.2) is 5.16 Å². The Balaban J connectivity index is 1.57. The number of nitrogens with zero attached hydrogens (tertiary/aromatic N) is 3. The number of hydrogen-bond acceptors (Lipinski definition) is 5. The maximum atomic E-state index is 13.1. The Labute approximate surface area is 162 Å². The molecule has 1 heterocycles. The van der Waals surface area contributed by atoms with Crippen LogP contribution in [0, 0.1) is 0 Å². The van der Waals surface area contributed by atoms with Gasteiger partial charge >= 0.3 is 0 Å². The number of carbonyl (C=O) groups is 1. The molecule has 1 aromatic heterocycles. The first-order chi connectivity index (χ1) is 13.2. The number of anilines is 1. The fraction of sp³-hybridized carbons (Fsp3) is 0.250. The Morgan fingerprint density at radius 3 is 2.59 bits per heavy atom. The summed E-state index contributed by atoms with van der Waals surface area (Å²) in [5.74, 6) is 0.654. The predicted octanol–water partition coefficient (Wildman–Crippen LogP) is 4.09. The van der Waals surface area contributed by atoms with Crippen molar-refractivity contribution in [1.29, 1.82) is 0 Å². The first kappa shape index (κ1) is 17.6. The maximum absolute atomic E-state index is 13.1. The van der Waals surface area contributed by atoms with E-state index in [1.54, 1.807) is 13.4 Å². The number of hydrogen-bond donors (Lipinski definition) is 1. The lowest BCUT2D eigenvalue weighted by Gasteiger charge is -2.17. The molecule has 1 amide bonds. The smallest absolute Gasteiger partial charge is 0.242 e. The fourth-order valence-corrected chi connectivity index (χ4v) is 3.89. The molecule has 0 spiro atoms. The average molecular weight is 380 g/mol. The van der Waals surface area contributed by atoms with Crippen LogP contribution in [-0.2, 0) is 4.79 Å². The quantitative estimate of drug-likeness (QED) is 0.625. The predicted molar refractivity (Wildman–Crippen MR) is 105 cm³/mol. The molecular formula is C20H20N4O2S. The van der Waals surface area contributed by atoms with Crippen LogP contribution in [0.1, 0.15) is 29.7 Å². The Morgan fingerprint density at radius 1 is 1.19 bits per heavy atom. The number of carbonyl (C=O) groups excluding carboxylic acids is 1. The Bertz CT molecular complexity index is 907. The summed E-state index contributed by atoms with van der Waals surface area (Å²) in [7, 11) is 1.62. The second-order valence-corrected chi connectivity index (χ2v) is 7.45. The lowest BCUT2D eigenvalue weighted by atomic mass is 10.1. The van der Waals surface area contributed by atoms with Crippen LogP contribution in [0.3, 0.4) is 0 Å². The van der Waals surface area contributed by atoms with Crippen LogP contribution in [0.5, 0.6) is 5.75 Å². The molecule has 4 rings (SSSR count). The van der Waals surface area contributed by atoms with Gasteiger partial charge in [-0.2, -0.15) is 0 Å². The first-order valence-electron chi connectivity index (χ1n) is 8.80. The van der Waals surface area contributed by atoms with E-state index in [0.29, 0.717) is 6.04 Å².